The third-order valence-corrected chi connectivity index (χ3v) is 7.04. The number of carbonyl (C=O) groups excluding carboxylic acids is 3. The van der Waals surface area contributed by atoms with Gasteiger partial charge in [-0.05, 0) is 31.9 Å². The number of amides is 3. The first-order chi connectivity index (χ1) is 14.5. The van der Waals surface area contributed by atoms with Crippen molar-refractivity contribution in [3.8, 4) is 0 Å². The van der Waals surface area contributed by atoms with Crippen LogP contribution in [-0.2, 0) is 27.3 Å². The van der Waals surface area contributed by atoms with Gasteiger partial charge >= 0.3 is 0 Å². The summed E-state index contributed by atoms with van der Waals surface area (Å²) in [5, 5.41) is 3.54. The largest absolute Gasteiger partial charge is 0.337 e. The highest BCUT2D eigenvalue weighted by Crippen LogP contribution is 2.34. The van der Waals surface area contributed by atoms with E-state index in [1.165, 1.54) is 11.3 Å². The molecule has 0 radical (unpaired) electrons. The molecule has 0 spiro atoms. The van der Waals surface area contributed by atoms with Gasteiger partial charge in [0.2, 0.25) is 17.7 Å². The van der Waals surface area contributed by atoms with E-state index in [9.17, 15) is 14.4 Å². The SMILES string of the molecule is Cc1ccc(N2CC(C(=O)N3CCc4nc(NC(=O)C5CC5)sc4C3)CC2=O)cc1. The first-order valence-electron chi connectivity index (χ1n) is 10.4. The molecular formula is C22H24N4O3S. The number of fused-ring (bicyclic) bond motifs is 1. The maximum atomic E-state index is 13.1. The number of nitrogens with one attached hydrogen (secondary N) is 1. The van der Waals surface area contributed by atoms with Gasteiger partial charge < -0.3 is 15.1 Å². The van der Waals surface area contributed by atoms with Gasteiger partial charge in [0.25, 0.3) is 0 Å². The summed E-state index contributed by atoms with van der Waals surface area (Å²) in [7, 11) is 0. The summed E-state index contributed by atoms with van der Waals surface area (Å²) in [6, 6.07) is 7.82. The molecule has 1 aliphatic carbocycles. The number of thiazole rings is 1. The minimum atomic E-state index is -0.317. The second kappa shape index (κ2) is 7.50. The first-order valence-corrected chi connectivity index (χ1v) is 11.2. The van der Waals surface area contributed by atoms with Crippen LogP contribution in [0.5, 0.6) is 0 Å². The van der Waals surface area contributed by atoms with Gasteiger partial charge in [-0.2, -0.15) is 0 Å². The third-order valence-electron chi connectivity index (χ3n) is 6.04. The fourth-order valence-electron chi connectivity index (χ4n) is 4.10. The summed E-state index contributed by atoms with van der Waals surface area (Å²) in [5.74, 6) is -0.101. The Labute approximate surface area is 179 Å². The standard InChI is InChI=1S/C22H24N4O3S/c1-13-2-6-16(7-3-13)26-11-15(10-19(26)27)21(29)25-9-8-17-18(12-25)30-22(23-17)24-20(28)14-4-5-14/h2-3,6-7,14-15H,4-5,8-12H2,1H3,(H,23,24,28). The summed E-state index contributed by atoms with van der Waals surface area (Å²) in [6.07, 6.45) is 2.85. The highest BCUT2D eigenvalue weighted by atomic mass is 32.1. The van der Waals surface area contributed by atoms with Crippen molar-refractivity contribution in [1.82, 2.24) is 9.88 Å². The van der Waals surface area contributed by atoms with Gasteiger partial charge in [-0.15, -0.1) is 0 Å². The Morgan fingerprint density at radius 2 is 1.93 bits per heavy atom. The number of aryl methyl sites for hydroxylation is 1. The smallest absolute Gasteiger partial charge is 0.229 e. The fourth-order valence-corrected chi connectivity index (χ4v) is 5.12. The number of anilines is 2. The van der Waals surface area contributed by atoms with Crippen LogP contribution in [0.3, 0.4) is 0 Å². The van der Waals surface area contributed by atoms with E-state index in [-0.39, 0.29) is 36.0 Å². The van der Waals surface area contributed by atoms with Crippen LogP contribution in [-0.4, -0.2) is 40.7 Å². The van der Waals surface area contributed by atoms with E-state index in [1.807, 2.05) is 36.1 Å². The van der Waals surface area contributed by atoms with Crippen molar-refractivity contribution in [2.45, 2.75) is 39.2 Å². The molecule has 3 amide bonds. The predicted molar refractivity (Wildman–Crippen MR) is 114 cm³/mol. The molecule has 1 N–H and O–H groups in total. The number of hydrogen-bond donors (Lipinski definition) is 1. The van der Waals surface area contributed by atoms with Gasteiger partial charge in [0.1, 0.15) is 0 Å². The number of benzene rings is 1. The van der Waals surface area contributed by atoms with Crippen molar-refractivity contribution < 1.29 is 14.4 Å². The van der Waals surface area contributed by atoms with Crippen LogP contribution in [0, 0.1) is 18.8 Å². The molecule has 1 aromatic heterocycles. The number of aromatic nitrogens is 1. The summed E-state index contributed by atoms with van der Waals surface area (Å²) < 4.78 is 0. The van der Waals surface area contributed by atoms with Crippen molar-refractivity contribution in [3.05, 3.63) is 40.4 Å². The highest BCUT2D eigenvalue weighted by Gasteiger charge is 2.38. The van der Waals surface area contributed by atoms with Crippen molar-refractivity contribution in [3.63, 3.8) is 0 Å². The van der Waals surface area contributed by atoms with Gasteiger partial charge in [0, 0.05) is 42.4 Å². The molecule has 1 atom stereocenters. The Morgan fingerprint density at radius 1 is 1.17 bits per heavy atom. The molecule has 2 aromatic rings. The van der Waals surface area contributed by atoms with Crippen LogP contribution < -0.4 is 10.2 Å². The van der Waals surface area contributed by atoms with Crippen LogP contribution in [0.4, 0.5) is 10.8 Å². The molecule has 1 saturated carbocycles. The van der Waals surface area contributed by atoms with Crippen molar-refractivity contribution in [2.24, 2.45) is 11.8 Å². The van der Waals surface area contributed by atoms with E-state index < -0.39 is 0 Å². The monoisotopic (exact) mass is 424 g/mol. The van der Waals surface area contributed by atoms with Crippen LogP contribution >= 0.6 is 11.3 Å². The summed E-state index contributed by atoms with van der Waals surface area (Å²) in [4.78, 5) is 46.8. The third kappa shape index (κ3) is 3.71. The number of carbonyl (C=O) groups is 3. The Bertz CT molecular complexity index is 1010. The van der Waals surface area contributed by atoms with Crippen molar-refractivity contribution >= 4 is 39.9 Å². The fraction of sp³-hybridized carbons (Fsp3) is 0.455. The molecule has 156 valence electrons. The van der Waals surface area contributed by atoms with E-state index in [2.05, 4.69) is 10.3 Å². The predicted octanol–water partition coefficient (Wildman–Crippen LogP) is 2.74. The van der Waals surface area contributed by atoms with Gasteiger partial charge in [0.05, 0.1) is 18.2 Å². The second-order valence-corrected chi connectivity index (χ2v) is 9.49. The zero-order valence-corrected chi connectivity index (χ0v) is 17.7. The van der Waals surface area contributed by atoms with E-state index >= 15 is 0 Å². The average Bonchev–Trinajstić information content (AvgIpc) is 3.41. The van der Waals surface area contributed by atoms with E-state index in [0.29, 0.717) is 31.2 Å². The molecule has 1 unspecified atom stereocenters. The van der Waals surface area contributed by atoms with Gasteiger partial charge in [-0.25, -0.2) is 4.98 Å². The maximum Gasteiger partial charge on any atom is 0.229 e. The molecule has 3 aliphatic rings. The molecule has 5 rings (SSSR count). The zero-order valence-electron chi connectivity index (χ0n) is 16.9. The molecule has 1 saturated heterocycles. The molecule has 2 fully saturated rings. The molecule has 0 bridgehead atoms. The Kier molecular flexibility index (Phi) is 4.81. The van der Waals surface area contributed by atoms with E-state index in [0.717, 1.165) is 34.7 Å². The first kappa shape index (κ1) is 19.2. The lowest BCUT2D eigenvalue weighted by Crippen LogP contribution is -2.40. The normalized spacial score (nSPS) is 21.0. The van der Waals surface area contributed by atoms with E-state index in [4.69, 9.17) is 0 Å². The quantitative estimate of drug-likeness (QED) is 0.818. The lowest BCUT2D eigenvalue weighted by atomic mass is 10.1. The second-order valence-electron chi connectivity index (χ2n) is 8.40. The molecule has 7 nitrogen and oxygen atoms in total. The molecule has 8 heteroatoms. The van der Waals surface area contributed by atoms with Gasteiger partial charge in [0.15, 0.2) is 5.13 Å². The minimum absolute atomic E-state index is 0.00207. The lowest BCUT2D eigenvalue weighted by molar-refractivity contribution is -0.136. The number of rotatable bonds is 4. The number of nitrogens with zero attached hydrogens (tertiary/aromatic N) is 3. The van der Waals surface area contributed by atoms with Crippen LogP contribution in [0.15, 0.2) is 24.3 Å². The average molecular weight is 425 g/mol. The number of hydrogen-bond acceptors (Lipinski definition) is 5. The molecule has 1 aromatic carbocycles. The highest BCUT2D eigenvalue weighted by molar-refractivity contribution is 7.15. The van der Waals surface area contributed by atoms with Crippen LogP contribution in [0.1, 0.15) is 35.4 Å². The lowest BCUT2D eigenvalue weighted by Gasteiger charge is -2.28. The van der Waals surface area contributed by atoms with Gasteiger partial charge in [-0.1, -0.05) is 29.0 Å². The Hall–Kier alpha value is -2.74. The van der Waals surface area contributed by atoms with Crippen molar-refractivity contribution in [1.29, 1.82) is 0 Å². The summed E-state index contributed by atoms with van der Waals surface area (Å²) in [6.45, 7) is 3.53. The molecule has 2 aliphatic heterocycles. The Balaban J connectivity index is 1.24. The maximum absolute atomic E-state index is 13.1. The van der Waals surface area contributed by atoms with E-state index in [1.54, 1.807) is 4.90 Å². The molecule has 30 heavy (non-hydrogen) atoms. The topological polar surface area (TPSA) is 82.6 Å². The van der Waals surface area contributed by atoms with Crippen molar-refractivity contribution in [2.75, 3.05) is 23.3 Å². The Morgan fingerprint density at radius 3 is 2.67 bits per heavy atom. The summed E-state index contributed by atoms with van der Waals surface area (Å²) >= 11 is 1.46. The van der Waals surface area contributed by atoms with Crippen LogP contribution in [0.25, 0.3) is 0 Å². The molecular weight excluding hydrogens is 400 g/mol. The molecule has 3 heterocycles. The van der Waals surface area contributed by atoms with Crippen LogP contribution in [0.2, 0.25) is 0 Å². The van der Waals surface area contributed by atoms with Gasteiger partial charge in [-0.3, -0.25) is 14.4 Å². The minimum Gasteiger partial charge on any atom is -0.337 e. The zero-order chi connectivity index (χ0) is 20.8. The summed E-state index contributed by atoms with van der Waals surface area (Å²) in [5.41, 5.74) is 2.96.